The van der Waals surface area contributed by atoms with Gasteiger partial charge >= 0.3 is 0 Å². The van der Waals surface area contributed by atoms with Crippen LogP contribution in [0, 0.1) is 18.3 Å². The molecular formula is C21H24FN5O. The van der Waals surface area contributed by atoms with Crippen molar-refractivity contribution in [3.63, 3.8) is 0 Å². The van der Waals surface area contributed by atoms with Crippen LogP contribution in [0.5, 0.6) is 0 Å². The molecule has 2 saturated heterocycles. The molecule has 2 aliphatic heterocycles. The summed E-state index contributed by atoms with van der Waals surface area (Å²) < 4.78 is 13.6. The van der Waals surface area contributed by atoms with Gasteiger partial charge < -0.3 is 10.2 Å². The Morgan fingerprint density at radius 1 is 1.39 bits per heavy atom. The zero-order valence-corrected chi connectivity index (χ0v) is 15.9. The van der Waals surface area contributed by atoms with Crippen molar-refractivity contribution in [1.29, 1.82) is 5.26 Å². The molecule has 0 radical (unpaired) electrons. The molecule has 0 unspecified atom stereocenters. The van der Waals surface area contributed by atoms with E-state index in [0.717, 1.165) is 41.7 Å². The van der Waals surface area contributed by atoms with Crippen LogP contribution < -0.4 is 5.32 Å². The minimum absolute atomic E-state index is 0.0366. The van der Waals surface area contributed by atoms with Gasteiger partial charge in [0.25, 0.3) is 0 Å². The standard InChI is InChI=1S/C21H24FN5O/c1-14-4-5-19(18-3-2-7-24-21(14)18)25-16-6-8-26(12-16)13-20(28)27-11-15(22)9-17(27)10-23/h2-5,7,15-17,25H,6,8-9,11-13H2,1H3/t15-,16+,17-/m0/s1. The number of benzene rings is 1. The van der Waals surface area contributed by atoms with Crippen molar-refractivity contribution in [1.82, 2.24) is 14.8 Å². The number of nitrogens with one attached hydrogen (secondary N) is 1. The second-order valence-corrected chi connectivity index (χ2v) is 7.72. The summed E-state index contributed by atoms with van der Waals surface area (Å²) in [6.07, 6.45) is 1.76. The topological polar surface area (TPSA) is 72.3 Å². The lowest BCUT2D eigenvalue weighted by molar-refractivity contribution is -0.132. The van der Waals surface area contributed by atoms with Gasteiger partial charge in [-0.2, -0.15) is 5.26 Å². The van der Waals surface area contributed by atoms with Gasteiger partial charge in [-0.3, -0.25) is 14.7 Å². The molecule has 4 rings (SSSR count). The maximum atomic E-state index is 13.6. The fourth-order valence-corrected chi connectivity index (χ4v) is 4.22. The van der Waals surface area contributed by atoms with Gasteiger partial charge in [0.05, 0.1) is 24.7 Å². The quantitative estimate of drug-likeness (QED) is 0.881. The third-order valence-corrected chi connectivity index (χ3v) is 5.68. The molecule has 28 heavy (non-hydrogen) atoms. The number of nitrogens with zero attached hydrogens (tertiary/aromatic N) is 4. The van der Waals surface area contributed by atoms with E-state index < -0.39 is 12.2 Å². The summed E-state index contributed by atoms with van der Waals surface area (Å²) in [6, 6.07) is 9.79. The minimum Gasteiger partial charge on any atom is -0.380 e. The largest absolute Gasteiger partial charge is 0.380 e. The van der Waals surface area contributed by atoms with Crippen LogP contribution in [0.2, 0.25) is 0 Å². The molecule has 3 atom stereocenters. The number of nitriles is 1. The molecule has 1 aromatic carbocycles. The fourth-order valence-electron chi connectivity index (χ4n) is 4.22. The van der Waals surface area contributed by atoms with E-state index in [9.17, 15) is 9.18 Å². The second kappa shape index (κ2) is 7.72. The zero-order chi connectivity index (χ0) is 19.7. The monoisotopic (exact) mass is 381 g/mol. The predicted molar refractivity (Wildman–Crippen MR) is 106 cm³/mol. The first-order valence-electron chi connectivity index (χ1n) is 9.71. The Hall–Kier alpha value is -2.72. The summed E-state index contributed by atoms with van der Waals surface area (Å²) in [5.41, 5.74) is 3.19. The molecule has 2 fully saturated rings. The number of pyridine rings is 1. The molecule has 7 heteroatoms. The van der Waals surface area contributed by atoms with Gasteiger partial charge in [-0.05, 0) is 37.1 Å². The van der Waals surface area contributed by atoms with E-state index in [4.69, 9.17) is 5.26 Å². The third-order valence-electron chi connectivity index (χ3n) is 5.68. The maximum absolute atomic E-state index is 13.6. The van der Waals surface area contributed by atoms with Gasteiger partial charge in [0.15, 0.2) is 0 Å². The van der Waals surface area contributed by atoms with Crippen molar-refractivity contribution < 1.29 is 9.18 Å². The summed E-state index contributed by atoms with van der Waals surface area (Å²) in [6.45, 7) is 3.87. The number of rotatable bonds is 4. The third kappa shape index (κ3) is 3.65. The highest BCUT2D eigenvalue weighted by molar-refractivity contribution is 5.93. The summed E-state index contributed by atoms with van der Waals surface area (Å²) in [5.74, 6) is -0.155. The lowest BCUT2D eigenvalue weighted by Crippen LogP contribution is -2.42. The number of hydrogen-bond acceptors (Lipinski definition) is 5. The number of alkyl halides is 1. The minimum atomic E-state index is -1.09. The van der Waals surface area contributed by atoms with E-state index in [-0.39, 0.29) is 31.5 Å². The molecule has 0 spiro atoms. The van der Waals surface area contributed by atoms with Crippen LogP contribution in [0.4, 0.5) is 10.1 Å². The summed E-state index contributed by atoms with van der Waals surface area (Å²) >= 11 is 0. The van der Waals surface area contributed by atoms with E-state index in [1.165, 1.54) is 4.90 Å². The van der Waals surface area contributed by atoms with Gasteiger partial charge in [-0.15, -0.1) is 0 Å². The highest BCUT2D eigenvalue weighted by atomic mass is 19.1. The SMILES string of the molecule is Cc1ccc(N[C@@H]2CCN(CC(=O)N3C[C@@H](F)C[C@H]3C#N)C2)c2cccnc12. The Morgan fingerprint density at radius 2 is 2.25 bits per heavy atom. The number of anilines is 1. The molecule has 3 heterocycles. The van der Waals surface area contributed by atoms with E-state index >= 15 is 0 Å². The molecule has 0 bridgehead atoms. The van der Waals surface area contributed by atoms with Crippen molar-refractivity contribution in [2.45, 2.75) is 38.0 Å². The number of amides is 1. The second-order valence-electron chi connectivity index (χ2n) is 7.72. The molecule has 0 saturated carbocycles. The Labute approximate surface area is 163 Å². The number of aromatic nitrogens is 1. The molecule has 0 aliphatic carbocycles. The highest BCUT2D eigenvalue weighted by Gasteiger charge is 2.36. The van der Waals surface area contributed by atoms with Crippen molar-refractivity contribution in [2.24, 2.45) is 0 Å². The molecule has 1 N–H and O–H groups in total. The van der Waals surface area contributed by atoms with Crippen molar-refractivity contribution in [3.8, 4) is 6.07 Å². The average molecular weight is 381 g/mol. The van der Waals surface area contributed by atoms with Crippen LogP contribution in [-0.2, 0) is 4.79 Å². The van der Waals surface area contributed by atoms with Crippen molar-refractivity contribution >= 4 is 22.5 Å². The Balaban J connectivity index is 1.38. The Kier molecular flexibility index (Phi) is 5.14. The highest BCUT2D eigenvalue weighted by Crippen LogP contribution is 2.27. The predicted octanol–water partition coefficient (Wildman–Crippen LogP) is 2.49. The maximum Gasteiger partial charge on any atom is 0.237 e. The molecule has 1 amide bonds. The lowest BCUT2D eigenvalue weighted by Gasteiger charge is -2.23. The first kappa shape index (κ1) is 18.6. The molecule has 2 aliphatic rings. The number of hydrogen-bond donors (Lipinski definition) is 1. The lowest BCUT2D eigenvalue weighted by atomic mass is 10.1. The number of likely N-dealkylation sites (tertiary alicyclic amines) is 2. The first-order chi connectivity index (χ1) is 13.5. The van der Waals surface area contributed by atoms with Crippen LogP contribution in [0.3, 0.4) is 0 Å². The molecule has 1 aromatic heterocycles. The zero-order valence-electron chi connectivity index (χ0n) is 15.9. The number of fused-ring (bicyclic) bond motifs is 1. The fraction of sp³-hybridized carbons (Fsp3) is 0.476. The average Bonchev–Trinajstić information content (AvgIpc) is 3.30. The van der Waals surface area contributed by atoms with Gasteiger partial charge in [0.2, 0.25) is 5.91 Å². The molecule has 146 valence electrons. The van der Waals surface area contributed by atoms with Crippen LogP contribution in [0.1, 0.15) is 18.4 Å². The summed E-state index contributed by atoms with van der Waals surface area (Å²) in [5, 5.41) is 13.8. The number of carbonyl (C=O) groups excluding carboxylic acids is 1. The number of halogens is 1. The van der Waals surface area contributed by atoms with Crippen LogP contribution in [0.15, 0.2) is 30.5 Å². The van der Waals surface area contributed by atoms with E-state index in [1.54, 1.807) is 6.20 Å². The van der Waals surface area contributed by atoms with Gasteiger partial charge in [-0.1, -0.05) is 6.07 Å². The number of aryl methyl sites for hydroxylation is 1. The Morgan fingerprint density at radius 3 is 3.07 bits per heavy atom. The van der Waals surface area contributed by atoms with Gasteiger partial charge in [-0.25, -0.2) is 4.39 Å². The molecule has 2 aromatic rings. The van der Waals surface area contributed by atoms with E-state index in [0.29, 0.717) is 0 Å². The first-order valence-corrected chi connectivity index (χ1v) is 9.71. The van der Waals surface area contributed by atoms with E-state index in [1.807, 2.05) is 12.1 Å². The van der Waals surface area contributed by atoms with Crippen LogP contribution in [0.25, 0.3) is 10.9 Å². The number of carbonyl (C=O) groups is 1. The van der Waals surface area contributed by atoms with Crippen LogP contribution >= 0.6 is 0 Å². The molecular weight excluding hydrogens is 357 g/mol. The van der Waals surface area contributed by atoms with E-state index in [2.05, 4.69) is 40.3 Å². The Bertz CT molecular complexity index is 927. The summed E-state index contributed by atoms with van der Waals surface area (Å²) in [4.78, 5) is 20.5. The van der Waals surface area contributed by atoms with Crippen molar-refractivity contribution in [2.75, 3.05) is 31.5 Å². The molecule has 6 nitrogen and oxygen atoms in total. The van der Waals surface area contributed by atoms with Crippen LogP contribution in [-0.4, -0.2) is 65.1 Å². The van der Waals surface area contributed by atoms with Gasteiger partial charge in [0, 0.05) is 42.8 Å². The van der Waals surface area contributed by atoms with Crippen molar-refractivity contribution in [3.05, 3.63) is 36.0 Å². The van der Waals surface area contributed by atoms with Gasteiger partial charge in [0.1, 0.15) is 12.2 Å². The smallest absolute Gasteiger partial charge is 0.237 e. The normalized spacial score (nSPS) is 25.2. The summed E-state index contributed by atoms with van der Waals surface area (Å²) in [7, 11) is 0.